The van der Waals surface area contributed by atoms with Gasteiger partial charge in [0.1, 0.15) is 0 Å². The predicted octanol–water partition coefficient (Wildman–Crippen LogP) is 9.22. The van der Waals surface area contributed by atoms with E-state index >= 15 is 0 Å². The molecule has 4 rings (SSSR count). The Balaban J connectivity index is 2.01. The van der Waals surface area contributed by atoms with Crippen LogP contribution in [0, 0.1) is 35.0 Å². The highest BCUT2D eigenvalue weighted by atomic mass is 14.6. The molecule has 0 aromatic heterocycles. The van der Waals surface area contributed by atoms with Crippen molar-refractivity contribution in [2.45, 2.75) is 94.4 Å². The third-order valence-corrected chi connectivity index (χ3v) is 10.4. The van der Waals surface area contributed by atoms with Gasteiger partial charge in [0.25, 0.3) is 0 Å². The highest BCUT2D eigenvalue weighted by Crippen LogP contribution is 2.71. The molecule has 0 heteroatoms. The smallest absolute Gasteiger partial charge is 0.0153 e. The van der Waals surface area contributed by atoms with E-state index < -0.39 is 0 Å². The van der Waals surface area contributed by atoms with Gasteiger partial charge in [0.2, 0.25) is 0 Å². The molecule has 0 amide bonds. The molecule has 0 saturated heterocycles. The maximum atomic E-state index is 4.83. The third kappa shape index (κ3) is 3.01. The van der Waals surface area contributed by atoms with Crippen LogP contribution in [-0.2, 0) is 19.3 Å². The van der Waals surface area contributed by atoms with Crippen LogP contribution in [0.1, 0.15) is 96.0 Å². The summed E-state index contributed by atoms with van der Waals surface area (Å²) in [5.74, 6) is 0.984. The zero-order valence-corrected chi connectivity index (χ0v) is 22.9. The van der Waals surface area contributed by atoms with Gasteiger partial charge < -0.3 is 0 Å². The summed E-state index contributed by atoms with van der Waals surface area (Å²) in [6.07, 6.45) is 5.75. The number of rotatable bonds is 3. The van der Waals surface area contributed by atoms with E-state index in [2.05, 4.69) is 75.0 Å². The molecule has 0 N–H and O–H groups in total. The number of benzene rings is 1. The monoisotopic (exact) mass is 442 g/mol. The Bertz CT molecular complexity index is 1110. The molecule has 1 saturated carbocycles. The molecule has 0 spiro atoms. The molecule has 0 heterocycles. The van der Waals surface area contributed by atoms with Crippen molar-refractivity contribution in [1.29, 1.82) is 0 Å². The summed E-state index contributed by atoms with van der Waals surface area (Å²) in [7, 11) is 0. The van der Waals surface area contributed by atoms with Gasteiger partial charge in [-0.15, -0.1) is 0 Å². The minimum absolute atomic E-state index is 0.0255. The molecule has 3 aliphatic rings. The molecular formula is C33H46. The largest absolute Gasteiger partial charge is 0.0995 e. The lowest BCUT2D eigenvalue weighted by atomic mass is 9.39. The maximum Gasteiger partial charge on any atom is 0.0153 e. The van der Waals surface area contributed by atoms with Gasteiger partial charge in [0.15, 0.2) is 0 Å². The maximum absolute atomic E-state index is 4.83. The molecule has 0 aliphatic heterocycles. The number of hydrogen-bond acceptors (Lipinski definition) is 0. The fourth-order valence-corrected chi connectivity index (χ4v) is 8.96. The molecule has 2 unspecified atom stereocenters. The molecular weight excluding hydrogens is 396 g/mol. The SMILES string of the molecule is C=C1C2=C(C)[C@@]3(C)C(=C)C(C(=C)C)C(C)C[C@@]3(C)C[C@@]2(C)Cc2c(CC)cc(CC)c(C)c21. The van der Waals surface area contributed by atoms with Gasteiger partial charge in [-0.25, -0.2) is 0 Å². The van der Waals surface area contributed by atoms with E-state index in [9.17, 15) is 0 Å². The molecule has 1 fully saturated rings. The lowest BCUT2D eigenvalue weighted by Gasteiger charge is -2.64. The third-order valence-electron chi connectivity index (χ3n) is 10.4. The minimum Gasteiger partial charge on any atom is -0.0995 e. The molecule has 0 radical (unpaired) electrons. The van der Waals surface area contributed by atoms with Crippen molar-refractivity contribution in [1.82, 2.24) is 0 Å². The molecule has 1 aromatic rings. The van der Waals surface area contributed by atoms with E-state index in [4.69, 9.17) is 13.2 Å². The molecule has 3 aliphatic carbocycles. The number of hydrogen-bond donors (Lipinski definition) is 0. The van der Waals surface area contributed by atoms with E-state index in [1.807, 2.05) is 0 Å². The molecule has 5 atom stereocenters. The predicted molar refractivity (Wildman–Crippen MR) is 146 cm³/mol. The summed E-state index contributed by atoms with van der Waals surface area (Å²) < 4.78 is 0. The fourth-order valence-electron chi connectivity index (χ4n) is 8.96. The highest BCUT2D eigenvalue weighted by molar-refractivity contribution is 5.87. The fraction of sp³-hybridized carbons (Fsp3) is 0.576. The summed E-state index contributed by atoms with van der Waals surface area (Å²) >= 11 is 0. The Labute approximate surface area is 204 Å². The summed E-state index contributed by atoms with van der Waals surface area (Å²) in [4.78, 5) is 0. The topological polar surface area (TPSA) is 0 Å². The van der Waals surface area contributed by atoms with Crippen LogP contribution < -0.4 is 0 Å². The van der Waals surface area contributed by atoms with Gasteiger partial charge in [-0.3, -0.25) is 0 Å². The van der Waals surface area contributed by atoms with Gasteiger partial charge in [-0.1, -0.05) is 84.1 Å². The zero-order chi connectivity index (χ0) is 24.7. The van der Waals surface area contributed by atoms with Crippen molar-refractivity contribution in [3.63, 3.8) is 0 Å². The second kappa shape index (κ2) is 7.59. The summed E-state index contributed by atoms with van der Waals surface area (Å²) in [5, 5.41) is 0. The first-order valence-electron chi connectivity index (χ1n) is 13.2. The van der Waals surface area contributed by atoms with Crippen LogP contribution in [-0.4, -0.2) is 0 Å². The molecule has 0 nitrogen and oxygen atoms in total. The van der Waals surface area contributed by atoms with Crippen molar-refractivity contribution >= 4 is 5.57 Å². The molecule has 0 bridgehead atoms. The highest BCUT2D eigenvalue weighted by Gasteiger charge is 2.61. The molecule has 1 aromatic carbocycles. The van der Waals surface area contributed by atoms with Crippen LogP contribution in [0.25, 0.3) is 5.57 Å². The average molecular weight is 443 g/mol. The van der Waals surface area contributed by atoms with Gasteiger partial charge in [-0.2, -0.15) is 0 Å². The van der Waals surface area contributed by atoms with Gasteiger partial charge in [0, 0.05) is 11.3 Å². The van der Waals surface area contributed by atoms with Crippen molar-refractivity contribution in [2.75, 3.05) is 0 Å². The molecule has 33 heavy (non-hydrogen) atoms. The quantitative estimate of drug-likeness (QED) is 0.409. The van der Waals surface area contributed by atoms with E-state index in [-0.39, 0.29) is 16.2 Å². The second-order valence-electron chi connectivity index (χ2n) is 12.5. The van der Waals surface area contributed by atoms with Crippen LogP contribution in [0.15, 0.2) is 48.1 Å². The van der Waals surface area contributed by atoms with Crippen LogP contribution in [0.5, 0.6) is 0 Å². The van der Waals surface area contributed by atoms with Crippen molar-refractivity contribution in [2.24, 2.45) is 28.1 Å². The van der Waals surface area contributed by atoms with Crippen molar-refractivity contribution in [3.05, 3.63) is 75.9 Å². The Morgan fingerprint density at radius 3 is 2.21 bits per heavy atom. The van der Waals surface area contributed by atoms with Gasteiger partial charge >= 0.3 is 0 Å². The minimum atomic E-state index is -0.0255. The van der Waals surface area contributed by atoms with Gasteiger partial charge in [0.05, 0.1) is 0 Å². The van der Waals surface area contributed by atoms with E-state index in [0.29, 0.717) is 11.8 Å². The van der Waals surface area contributed by atoms with Crippen LogP contribution >= 0.6 is 0 Å². The standard InChI is InChI=1S/C33H46/c1-13-25-15-26(14-2)27-17-31(10)18-32(11)16-20(5)28(19(3)4)23(8)33(32,12)24(9)30(31)22(7)29(27)21(25)6/h15,20,28H,3,7-8,13-14,16-18H2,1-2,4-6,9-12H3/t20?,28?,31-,32+,33-/m1/s1. The number of aryl methyl sites for hydroxylation is 2. The zero-order valence-electron chi connectivity index (χ0n) is 22.9. The van der Waals surface area contributed by atoms with E-state index in [1.165, 1.54) is 63.0 Å². The lowest BCUT2D eigenvalue weighted by Crippen LogP contribution is -2.55. The Hall–Kier alpha value is -1.82. The number of allylic oxidation sites excluding steroid dienone is 5. The Morgan fingerprint density at radius 1 is 1.06 bits per heavy atom. The van der Waals surface area contributed by atoms with Crippen LogP contribution in [0.3, 0.4) is 0 Å². The van der Waals surface area contributed by atoms with E-state index in [0.717, 1.165) is 19.3 Å². The summed E-state index contributed by atoms with van der Waals surface area (Å²) in [5.41, 5.74) is 14.8. The van der Waals surface area contributed by atoms with E-state index in [1.54, 1.807) is 5.56 Å². The first-order chi connectivity index (χ1) is 15.3. The second-order valence-corrected chi connectivity index (χ2v) is 12.5. The van der Waals surface area contributed by atoms with Crippen LogP contribution in [0.4, 0.5) is 0 Å². The lowest BCUT2D eigenvalue weighted by molar-refractivity contribution is -0.00214. The average Bonchev–Trinajstić information content (AvgIpc) is 2.70. The van der Waals surface area contributed by atoms with Crippen molar-refractivity contribution < 1.29 is 0 Å². The van der Waals surface area contributed by atoms with Gasteiger partial charge in [-0.05, 0) is 109 Å². The Morgan fingerprint density at radius 2 is 1.67 bits per heavy atom. The first kappa shape index (κ1) is 24.3. The first-order valence-corrected chi connectivity index (χ1v) is 13.2. The number of fused-ring (bicyclic) bond motifs is 3. The normalized spacial score (nSPS) is 35.8. The Kier molecular flexibility index (Phi) is 5.59. The summed E-state index contributed by atoms with van der Waals surface area (Å²) in [6.45, 7) is 35.6. The van der Waals surface area contributed by atoms with Crippen LogP contribution in [0.2, 0.25) is 0 Å². The van der Waals surface area contributed by atoms with Crippen molar-refractivity contribution in [3.8, 4) is 0 Å². The summed E-state index contributed by atoms with van der Waals surface area (Å²) in [6, 6.07) is 2.49. The molecule has 178 valence electrons.